The van der Waals surface area contributed by atoms with Crippen molar-refractivity contribution in [1.82, 2.24) is 0 Å². The zero-order valence-corrected chi connectivity index (χ0v) is 27.3. The van der Waals surface area contributed by atoms with Crippen molar-refractivity contribution in [1.29, 1.82) is 0 Å². The van der Waals surface area contributed by atoms with E-state index in [1.807, 2.05) is 18.2 Å². The molecule has 2 aromatic heterocycles. The third-order valence-corrected chi connectivity index (χ3v) is 10.5. The minimum Gasteiger partial charge on any atom is -0.456 e. The number of furan rings is 2. The van der Waals surface area contributed by atoms with Gasteiger partial charge in [0.25, 0.3) is 0 Å². The van der Waals surface area contributed by atoms with E-state index in [4.69, 9.17) is 8.83 Å². The number of rotatable bonds is 4. The second-order valence-electron chi connectivity index (χ2n) is 13.6. The molecular formula is C47H32O2. The minimum absolute atomic E-state index is 0.0935. The van der Waals surface area contributed by atoms with E-state index in [1.54, 1.807) is 0 Å². The van der Waals surface area contributed by atoms with Gasteiger partial charge in [-0.05, 0) is 86.0 Å². The Balaban J connectivity index is 1.21. The lowest BCUT2D eigenvalue weighted by molar-refractivity contribution is 0.660. The normalized spacial score (nSPS) is 13.8. The van der Waals surface area contributed by atoms with Crippen molar-refractivity contribution < 1.29 is 8.83 Å². The molecule has 2 heteroatoms. The Labute approximate surface area is 284 Å². The van der Waals surface area contributed by atoms with Crippen LogP contribution < -0.4 is 0 Å². The summed E-state index contributed by atoms with van der Waals surface area (Å²) in [5, 5.41) is 4.56. The Morgan fingerprint density at radius 3 is 1.84 bits per heavy atom. The van der Waals surface area contributed by atoms with Crippen LogP contribution in [0.5, 0.6) is 0 Å². The largest absolute Gasteiger partial charge is 0.456 e. The van der Waals surface area contributed by atoms with E-state index in [0.29, 0.717) is 0 Å². The summed E-state index contributed by atoms with van der Waals surface area (Å²) < 4.78 is 12.6. The summed E-state index contributed by atoms with van der Waals surface area (Å²) >= 11 is 0. The van der Waals surface area contributed by atoms with Gasteiger partial charge in [-0.2, -0.15) is 0 Å². The van der Waals surface area contributed by atoms with Gasteiger partial charge in [0.15, 0.2) is 0 Å². The quantitative estimate of drug-likeness (QED) is 0.181. The van der Waals surface area contributed by atoms with E-state index in [0.717, 1.165) is 60.6 Å². The van der Waals surface area contributed by atoms with Crippen LogP contribution in [0, 0.1) is 0 Å². The van der Waals surface area contributed by atoms with E-state index < -0.39 is 0 Å². The molecule has 0 fully saturated rings. The molecule has 0 radical (unpaired) electrons. The molecule has 2 nitrogen and oxygen atoms in total. The Morgan fingerprint density at radius 1 is 0.490 bits per heavy atom. The molecule has 0 N–H and O–H groups in total. The van der Waals surface area contributed by atoms with Crippen LogP contribution in [0.4, 0.5) is 0 Å². The smallest absolute Gasteiger partial charge is 0.136 e. The van der Waals surface area contributed by atoms with Gasteiger partial charge in [-0.15, -0.1) is 0 Å². The molecule has 1 aliphatic carbocycles. The lowest BCUT2D eigenvalue weighted by Gasteiger charge is -2.22. The molecule has 0 aliphatic heterocycles. The Hall–Kier alpha value is -6.12. The van der Waals surface area contributed by atoms with E-state index in [2.05, 4.69) is 153 Å². The van der Waals surface area contributed by atoms with Crippen molar-refractivity contribution in [2.45, 2.75) is 19.3 Å². The van der Waals surface area contributed by atoms with E-state index in [-0.39, 0.29) is 5.41 Å². The lowest BCUT2D eigenvalue weighted by atomic mass is 9.81. The van der Waals surface area contributed by atoms with Crippen molar-refractivity contribution in [3.63, 3.8) is 0 Å². The highest BCUT2D eigenvalue weighted by Crippen LogP contribution is 2.52. The van der Waals surface area contributed by atoms with Gasteiger partial charge < -0.3 is 8.83 Å². The summed E-state index contributed by atoms with van der Waals surface area (Å²) in [7, 11) is 0. The standard InChI is InChI=1S/C47H32O2/c1-47(2)38-18-6-3-13-34(38)45-33(17-10-19-39(45)47)37(28-31-12-9-22-42-44(31)35-14-4-7-20-40(35)48-42)30-26-24-29(25-27-30)32-16-11-23-43-46(32)36-15-5-8-21-41(36)49-43/h3-28H,1-2H3/b37-28+. The number of hydrogen-bond donors (Lipinski definition) is 0. The highest BCUT2D eigenvalue weighted by Gasteiger charge is 2.37. The van der Waals surface area contributed by atoms with Crippen LogP contribution in [0.1, 0.15) is 41.7 Å². The fourth-order valence-corrected chi connectivity index (χ4v) is 8.22. The van der Waals surface area contributed by atoms with Gasteiger partial charge in [0, 0.05) is 27.0 Å². The summed E-state index contributed by atoms with van der Waals surface area (Å²) in [6.45, 7) is 4.69. The Bertz CT molecular complexity index is 2790. The van der Waals surface area contributed by atoms with Gasteiger partial charge in [0.1, 0.15) is 22.3 Å². The summed E-state index contributed by atoms with van der Waals surface area (Å²) in [5.41, 5.74) is 15.9. The second-order valence-corrected chi connectivity index (χ2v) is 13.6. The average Bonchev–Trinajstić information content (AvgIpc) is 3.79. The monoisotopic (exact) mass is 628 g/mol. The summed E-state index contributed by atoms with van der Waals surface area (Å²) in [5.74, 6) is 0. The van der Waals surface area contributed by atoms with Crippen LogP contribution in [-0.4, -0.2) is 0 Å². The number of fused-ring (bicyclic) bond motifs is 9. The molecule has 10 rings (SSSR count). The van der Waals surface area contributed by atoms with Gasteiger partial charge in [0.2, 0.25) is 0 Å². The molecule has 7 aromatic carbocycles. The first kappa shape index (κ1) is 27.9. The molecule has 0 amide bonds. The van der Waals surface area contributed by atoms with E-state index in [9.17, 15) is 0 Å². The van der Waals surface area contributed by atoms with Crippen LogP contribution in [0.25, 0.3) is 77.8 Å². The fraction of sp³-hybridized carbons (Fsp3) is 0.0638. The minimum atomic E-state index is -0.0935. The first-order valence-electron chi connectivity index (χ1n) is 16.9. The van der Waals surface area contributed by atoms with Crippen molar-refractivity contribution in [2.24, 2.45) is 0 Å². The summed E-state index contributed by atoms with van der Waals surface area (Å²) in [6, 6.07) is 54.2. The van der Waals surface area contributed by atoms with Gasteiger partial charge in [-0.25, -0.2) is 0 Å². The van der Waals surface area contributed by atoms with Crippen molar-refractivity contribution >= 4 is 55.5 Å². The number of para-hydroxylation sites is 2. The highest BCUT2D eigenvalue weighted by molar-refractivity contribution is 6.13. The molecule has 9 aromatic rings. The Morgan fingerprint density at radius 2 is 1.06 bits per heavy atom. The van der Waals surface area contributed by atoms with Crippen LogP contribution in [0.15, 0.2) is 160 Å². The zero-order chi connectivity index (χ0) is 32.7. The molecule has 0 saturated carbocycles. The van der Waals surface area contributed by atoms with Gasteiger partial charge in [0.05, 0.1) is 0 Å². The number of benzene rings is 7. The van der Waals surface area contributed by atoms with Crippen LogP contribution in [0.2, 0.25) is 0 Å². The molecule has 2 heterocycles. The lowest BCUT2D eigenvalue weighted by Crippen LogP contribution is -2.14. The third kappa shape index (κ3) is 4.14. The van der Waals surface area contributed by atoms with Gasteiger partial charge in [-0.3, -0.25) is 0 Å². The van der Waals surface area contributed by atoms with E-state index >= 15 is 0 Å². The number of hydrogen-bond acceptors (Lipinski definition) is 2. The molecule has 0 spiro atoms. The van der Waals surface area contributed by atoms with E-state index in [1.165, 1.54) is 39.0 Å². The molecule has 0 unspecified atom stereocenters. The average molecular weight is 629 g/mol. The molecule has 0 saturated heterocycles. The Kier molecular flexibility index (Phi) is 5.95. The predicted octanol–water partition coefficient (Wildman–Crippen LogP) is 13.0. The first-order chi connectivity index (χ1) is 24.1. The van der Waals surface area contributed by atoms with Crippen LogP contribution in [0.3, 0.4) is 0 Å². The van der Waals surface area contributed by atoms with Crippen molar-refractivity contribution in [2.75, 3.05) is 0 Å². The van der Waals surface area contributed by atoms with Crippen LogP contribution in [-0.2, 0) is 5.41 Å². The topological polar surface area (TPSA) is 26.3 Å². The molecular weight excluding hydrogens is 597 g/mol. The maximum Gasteiger partial charge on any atom is 0.136 e. The van der Waals surface area contributed by atoms with Crippen molar-refractivity contribution in [3.8, 4) is 22.3 Å². The highest BCUT2D eigenvalue weighted by atomic mass is 16.3. The molecule has 0 bridgehead atoms. The molecule has 49 heavy (non-hydrogen) atoms. The van der Waals surface area contributed by atoms with Crippen LogP contribution >= 0.6 is 0 Å². The zero-order valence-electron chi connectivity index (χ0n) is 27.3. The first-order valence-corrected chi connectivity index (χ1v) is 16.9. The molecule has 232 valence electrons. The molecule has 0 atom stereocenters. The molecule has 1 aliphatic rings. The fourth-order valence-electron chi connectivity index (χ4n) is 8.22. The SMILES string of the molecule is CC1(C)c2ccccc2-c2c(/C(=C/c3cccc4oc5ccccc5c34)c3ccc(-c4cccc5oc6ccccc6c45)cc3)cccc21. The predicted molar refractivity (Wildman–Crippen MR) is 204 cm³/mol. The third-order valence-electron chi connectivity index (χ3n) is 10.5. The van der Waals surface area contributed by atoms with Gasteiger partial charge in [-0.1, -0.05) is 141 Å². The summed E-state index contributed by atoms with van der Waals surface area (Å²) in [4.78, 5) is 0. The maximum atomic E-state index is 6.32. The second kappa shape index (κ2) is 10.4. The van der Waals surface area contributed by atoms with Crippen molar-refractivity contribution in [3.05, 3.63) is 179 Å². The maximum absolute atomic E-state index is 6.32. The summed E-state index contributed by atoms with van der Waals surface area (Å²) in [6.07, 6.45) is 2.37. The van der Waals surface area contributed by atoms with Gasteiger partial charge >= 0.3 is 0 Å².